The van der Waals surface area contributed by atoms with E-state index in [1.807, 2.05) is 6.07 Å². The van der Waals surface area contributed by atoms with E-state index in [1.165, 1.54) is 0 Å². The van der Waals surface area contributed by atoms with Gasteiger partial charge < -0.3 is 9.64 Å². The number of nitrogens with zero attached hydrogens (tertiary/aromatic N) is 2. The number of ether oxygens (including phenoxy) is 1. The van der Waals surface area contributed by atoms with Crippen molar-refractivity contribution in [1.82, 2.24) is 15.2 Å². The van der Waals surface area contributed by atoms with Crippen molar-refractivity contribution in [3.8, 4) is 0 Å². The number of aromatic nitrogens is 1. The molecule has 0 aromatic carbocycles. The van der Waals surface area contributed by atoms with Gasteiger partial charge in [0.2, 0.25) is 0 Å². The van der Waals surface area contributed by atoms with E-state index in [0.29, 0.717) is 31.3 Å². The molecule has 1 aromatic rings. The number of pyridine rings is 1. The van der Waals surface area contributed by atoms with Gasteiger partial charge in [0.05, 0.1) is 13.2 Å². The van der Waals surface area contributed by atoms with Gasteiger partial charge in [-0.15, -0.1) is 0 Å². The molecule has 1 fully saturated rings. The SMILES string of the molecule is O=C(NC(=S)c1cccnc1)N1CCOCC1. The van der Waals surface area contributed by atoms with Crippen molar-refractivity contribution in [1.29, 1.82) is 0 Å². The average Bonchev–Trinajstić information content (AvgIpc) is 2.40. The van der Waals surface area contributed by atoms with Crippen LogP contribution >= 0.6 is 12.2 Å². The number of hydrogen-bond acceptors (Lipinski definition) is 4. The van der Waals surface area contributed by atoms with Gasteiger partial charge in [0.15, 0.2) is 0 Å². The summed E-state index contributed by atoms with van der Waals surface area (Å²) in [5.74, 6) is 0. The van der Waals surface area contributed by atoms with Crippen molar-refractivity contribution in [2.45, 2.75) is 0 Å². The summed E-state index contributed by atoms with van der Waals surface area (Å²) in [5, 5.41) is 2.69. The highest BCUT2D eigenvalue weighted by Gasteiger charge is 2.17. The summed E-state index contributed by atoms with van der Waals surface area (Å²) in [5.41, 5.74) is 0.740. The Balaban J connectivity index is 1.92. The van der Waals surface area contributed by atoms with Crippen LogP contribution in [0.25, 0.3) is 0 Å². The number of morpholine rings is 1. The number of carbonyl (C=O) groups excluding carboxylic acids is 1. The summed E-state index contributed by atoms with van der Waals surface area (Å²) in [7, 11) is 0. The maximum absolute atomic E-state index is 11.8. The predicted molar refractivity (Wildman–Crippen MR) is 66.9 cm³/mol. The van der Waals surface area contributed by atoms with Crippen molar-refractivity contribution < 1.29 is 9.53 Å². The molecule has 1 N–H and O–H groups in total. The number of thiocarbonyl (C=S) groups is 1. The van der Waals surface area contributed by atoms with Crippen molar-refractivity contribution in [3.05, 3.63) is 30.1 Å². The van der Waals surface area contributed by atoms with Gasteiger partial charge >= 0.3 is 6.03 Å². The van der Waals surface area contributed by atoms with E-state index < -0.39 is 0 Å². The van der Waals surface area contributed by atoms with Crippen LogP contribution in [-0.2, 0) is 4.74 Å². The van der Waals surface area contributed by atoms with Gasteiger partial charge in [0.25, 0.3) is 0 Å². The molecule has 0 unspecified atom stereocenters. The summed E-state index contributed by atoms with van der Waals surface area (Å²) in [6.45, 7) is 2.35. The van der Waals surface area contributed by atoms with Crippen molar-refractivity contribution in [2.24, 2.45) is 0 Å². The summed E-state index contributed by atoms with van der Waals surface area (Å²) >= 11 is 5.14. The highest BCUT2D eigenvalue weighted by Crippen LogP contribution is 2.00. The van der Waals surface area contributed by atoms with Gasteiger partial charge in [0, 0.05) is 31.0 Å². The zero-order chi connectivity index (χ0) is 12.1. The second-order valence-electron chi connectivity index (χ2n) is 3.60. The normalized spacial score (nSPS) is 15.4. The van der Waals surface area contributed by atoms with E-state index in [0.717, 1.165) is 5.56 Å². The lowest BCUT2D eigenvalue weighted by Crippen LogP contribution is -2.47. The topological polar surface area (TPSA) is 54.5 Å². The van der Waals surface area contributed by atoms with Crippen LogP contribution in [0.5, 0.6) is 0 Å². The second kappa shape index (κ2) is 5.70. The molecular weight excluding hydrogens is 238 g/mol. The van der Waals surface area contributed by atoms with Crippen LogP contribution in [0.2, 0.25) is 0 Å². The Morgan fingerprint density at radius 3 is 2.88 bits per heavy atom. The minimum atomic E-state index is -0.179. The molecule has 1 aliphatic rings. The number of nitrogens with one attached hydrogen (secondary N) is 1. The zero-order valence-corrected chi connectivity index (χ0v) is 10.1. The molecule has 17 heavy (non-hydrogen) atoms. The maximum atomic E-state index is 11.8. The fourth-order valence-corrected chi connectivity index (χ4v) is 1.72. The summed E-state index contributed by atoms with van der Waals surface area (Å²) in [4.78, 5) is 17.9. The third-order valence-corrected chi connectivity index (χ3v) is 2.78. The Labute approximate surface area is 105 Å². The lowest BCUT2D eigenvalue weighted by Gasteiger charge is -2.26. The first-order valence-electron chi connectivity index (χ1n) is 5.35. The molecule has 2 rings (SSSR count). The molecular formula is C11H13N3O2S. The first-order valence-corrected chi connectivity index (χ1v) is 5.76. The van der Waals surface area contributed by atoms with Gasteiger partial charge in [-0.3, -0.25) is 10.3 Å². The average molecular weight is 251 g/mol. The van der Waals surface area contributed by atoms with Gasteiger partial charge in [-0.05, 0) is 12.1 Å². The van der Waals surface area contributed by atoms with E-state index >= 15 is 0 Å². The lowest BCUT2D eigenvalue weighted by molar-refractivity contribution is 0.0543. The van der Waals surface area contributed by atoms with Crippen LogP contribution < -0.4 is 5.32 Å². The number of urea groups is 1. The monoisotopic (exact) mass is 251 g/mol. The van der Waals surface area contributed by atoms with Crippen molar-refractivity contribution in [3.63, 3.8) is 0 Å². The Hall–Kier alpha value is -1.53. The molecule has 5 nitrogen and oxygen atoms in total. The predicted octanol–water partition coefficient (Wildman–Crippen LogP) is 0.799. The smallest absolute Gasteiger partial charge is 0.322 e. The van der Waals surface area contributed by atoms with E-state index in [1.54, 1.807) is 23.4 Å². The largest absolute Gasteiger partial charge is 0.378 e. The fraction of sp³-hybridized carbons (Fsp3) is 0.364. The quantitative estimate of drug-likeness (QED) is 0.750. The minimum Gasteiger partial charge on any atom is -0.378 e. The Morgan fingerprint density at radius 1 is 1.47 bits per heavy atom. The Bertz CT molecular complexity index is 404. The highest BCUT2D eigenvalue weighted by molar-refractivity contribution is 7.80. The molecule has 0 aliphatic carbocycles. The van der Waals surface area contributed by atoms with E-state index in [9.17, 15) is 4.79 Å². The number of rotatable bonds is 1. The molecule has 6 heteroatoms. The van der Waals surface area contributed by atoms with Crippen molar-refractivity contribution in [2.75, 3.05) is 26.3 Å². The van der Waals surface area contributed by atoms with E-state index in [4.69, 9.17) is 17.0 Å². The molecule has 1 aliphatic heterocycles. The molecule has 1 aromatic heterocycles. The molecule has 1 saturated heterocycles. The van der Waals surface area contributed by atoms with Gasteiger partial charge in [0.1, 0.15) is 4.99 Å². The Morgan fingerprint density at radius 2 is 2.24 bits per heavy atom. The first kappa shape index (κ1) is 11.9. The van der Waals surface area contributed by atoms with Gasteiger partial charge in [-0.2, -0.15) is 0 Å². The molecule has 90 valence electrons. The molecule has 0 bridgehead atoms. The number of amides is 2. The molecule has 0 atom stereocenters. The van der Waals surface area contributed by atoms with Gasteiger partial charge in [-0.1, -0.05) is 12.2 Å². The van der Waals surface area contributed by atoms with Gasteiger partial charge in [-0.25, -0.2) is 4.79 Å². The summed E-state index contributed by atoms with van der Waals surface area (Å²) < 4.78 is 5.17. The molecule has 0 spiro atoms. The summed E-state index contributed by atoms with van der Waals surface area (Å²) in [6.07, 6.45) is 3.29. The number of hydrogen-bond donors (Lipinski definition) is 1. The van der Waals surface area contributed by atoms with Crippen molar-refractivity contribution >= 4 is 23.2 Å². The van der Waals surface area contributed by atoms with Crippen LogP contribution in [-0.4, -0.2) is 47.2 Å². The minimum absolute atomic E-state index is 0.179. The van der Waals surface area contributed by atoms with E-state index in [-0.39, 0.29) is 6.03 Å². The lowest BCUT2D eigenvalue weighted by atomic mass is 10.3. The van der Waals surface area contributed by atoms with Crippen LogP contribution in [0.3, 0.4) is 0 Å². The zero-order valence-electron chi connectivity index (χ0n) is 9.26. The standard InChI is InChI=1S/C11H13N3O2S/c15-11(14-4-6-16-7-5-14)13-10(17)9-2-1-3-12-8-9/h1-3,8H,4-7H2,(H,13,15,17). The fourth-order valence-electron chi connectivity index (χ4n) is 1.51. The van der Waals surface area contributed by atoms with Crippen LogP contribution in [0.15, 0.2) is 24.5 Å². The maximum Gasteiger partial charge on any atom is 0.322 e. The van der Waals surface area contributed by atoms with E-state index in [2.05, 4.69) is 10.3 Å². The third-order valence-electron chi connectivity index (χ3n) is 2.44. The molecule has 2 heterocycles. The second-order valence-corrected chi connectivity index (χ2v) is 4.01. The highest BCUT2D eigenvalue weighted by atomic mass is 32.1. The Kier molecular flexibility index (Phi) is 4.00. The summed E-state index contributed by atoms with van der Waals surface area (Å²) in [6, 6.07) is 3.42. The number of carbonyl (C=O) groups is 1. The first-order chi connectivity index (χ1) is 8.27. The van der Waals surface area contributed by atoms with Crippen LogP contribution in [0, 0.1) is 0 Å². The molecule has 0 saturated carbocycles. The third kappa shape index (κ3) is 3.21. The molecule has 0 radical (unpaired) electrons. The molecule has 2 amide bonds. The van der Waals surface area contributed by atoms with Crippen LogP contribution in [0.1, 0.15) is 5.56 Å². The van der Waals surface area contributed by atoms with Crippen LogP contribution in [0.4, 0.5) is 4.79 Å².